The van der Waals surface area contributed by atoms with Gasteiger partial charge in [-0.1, -0.05) is 43.0 Å². The average molecular weight is 293 g/mol. The molecule has 2 aliphatic carbocycles. The van der Waals surface area contributed by atoms with Gasteiger partial charge in [-0.05, 0) is 12.2 Å². The molecule has 0 aromatic heterocycles. The largest absolute Gasteiger partial charge is 0.315 e. The molecule has 1 aromatic carbocycles. The van der Waals surface area contributed by atoms with Gasteiger partial charge in [-0.2, -0.15) is 0 Å². The molecule has 0 heterocycles. The number of amides is 1. The Kier molecular flexibility index (Phi) is 3.37. The molecular weight excluding hydrogens is 278 g/mol. The van der Waals surface area contributed by atoms with Crippen LogP contribution in [0.4, 0.5) is 0 Å². The quantitative estimate of drug-likeness (QED) is 0.787. The number of ketones is 2. The molecule has 2 aliphatic rings. The van der Waals surface area contributed by atoms with Gasteiger partial charge < -0.3 is 4.90 Å². The van der Waals surface area contributed by atoms with Crippen LogP contribution in [-0.2, 0) is 4.79 Å². The van der Waals surface area contributed by atoms with Crippen LogP contribution in [0.3, 0.4) is 0 Å². The molecule has 0 fully saturated rings. The van der Waals surface area contributed by atoms with Crippen LogP contribution in [-0.4, -0.2) is 29.4 Å². The van der Waals surface area contributed by atoms with E-state index in [9.17, 15) is 14.4 Å². The Hall–Kier alpha value is -2.75. The number of carbonyl (C=O) groups is 3. The summed E-state index contributed by atoms with van der Waals surface area (Å²) in [5.74, 6) is -1.72. The van der Waals surface area contributed by atoms with Crippen LogP contribution in [0, 0.1) is 11.8 Å². The Bertz CT molecular complexity index is 757. The highest BCUT2D eigenvalue weighted by atomic mass is 16.2. The number of likely N-dealkylation sites (N-methyl/N-ethyl adjacent to an activating group) is 1. The first-order valence-electron chi connectivity index (χ1n) is 7.02. The number of hydrogen-bond acceptors (Lipinski definition) is 3. The average Bonchev–Trinajstić information content (AvgIpc) is 2.57. The van der Waals surface area contributed by atoms with E-state index < -0.39 is 11.8 Å². The molecule has 2 unspecified atom stereocenters. The zero-order valence-corrected chi connectivity index (χ0v) is 12.2. The van der Waals surface area contributed by atoms with E-state index in [-0.39, 0.29) is 17.5 Å². The Morgan fingerprint density at radius 2 is 1.82 bits per heavy atom. The van der Waals surface area contributed by atoms with E-state index in [1.165, 1.54) is 11.0 Å². The van der Waals surface area contributed by atoms with Crippen molar-refractivity contribution < 1.29 is 14.4 Å². The van der Waals surface area contributed by atoms with Gasteiger partial charge in [0.25, 0.3) is 0 Å². The Morgan fingerprint density at radius 3 is 2.45 bits per heavy atom. The van der Waals surface area contributed by atoms with Gasteiger partial charge in [0.2, 0.25) is 5.91 Å². The molecule has 110 valence electrons. The highest BCUT2D eigenvalue weighted by molar-refractivity contribution is 6.17. The minimum Gasteiger partial charge on any atom is -0.315 e. The number of fused-ring (bicyclic) bond motifs is 2. The van der Waals surface area contributed by atoms with Gasteiger partial charge in [0, 0.05) is 23.9 Å². The summed E-state index contributed by atoms with van der Waals surface area (Å²) in [6, 6.07) is 6.83. The van der Waals surface area contributed by atoms with Gasteiger partial charge in [-0.3, -0.25) is 14.4 Å². The Balaban J connectivity index is 2.10. The lowest BCUT2D eigenvalue weighted by molar-refractivity contribution is -0.123. The predicted molar refractivity (Wildman–Crippen MR) is 82.3 cm³/mol. The van der Waals surface area contributed by atoms with Crippen molar-refractivity contribution in [2.24, 2.45) is 11.8 Å². The normalized spacial score (nSPS) is 22.5. The summed E-state index contributed by atoms with van der Waals surface area (Å²) in [4.78, 5) is 38.7. The predicted octanol–water partition coefficient (Wildman–Crippen LogP) is 2.40. The number of allylic oxidation sites excluding steroid dienone is 4. The second-order valence-corrected chi connectivity index (χ2v) is 5.36. The third-order valence-corrected chi connectivity index (χ3v) is 4.20. The monoisotopic (exact) mass is 293 g/mol. The third-order valence-electron chi connectivity index (χ3n) is 4.20. The number of rotatable bonds is 2. The zero-order chi connectivity index (χ0) is 15.9. The van der Waals surface area contributed by atoms with E-state index in [1.54, 1.807) is 49.5 Å². The second kappa shape index (κ2) is 5.22. The van der Waals surface area contributed by atoms with Gasteiger partial charge >= 0.3 is 0 Å². The third kappa shape index (κ3) is 1.96. The van der Waals surface area contributed by atoms with Crippen LogP contribution in [0.1, 0.15) is 20.7 Å². The molecular formula is C18H15NO3. The standard InChI is InChI=1S/C18H15NO3/c1-3-15(20)19(2)14-10-6-9-13-16(14)18(22)12-8-5-4-7-11(12)17(13)21/h3-10,13,16H,1H2,2H3. The molecule has 22 heavy (non-hydrogen) atoms. The summed E-state index contributed by atoms with van der Waals surface area (Å²) in [5, 5.41) is 0. The van der Waals surface area contributed by atoms with Crippen molar-refractivity contribution in [3.63, 3.8) is 0 Å². The van der Waals surface area contributed by atoms with Crippen molar-refractivity contribution in [1.82, 2.24) is 4.90 Å². The lowest BCUT2D eigenvalue weighted by Crippen LogP contribution is -2.42. The van der Waals surface area contributed by atoms with Gasteiger partial charge in [-0.25, -0.2) is 0 Å². The molecule has 2 atom stereocenters. The molecule has 1 amide bonds. The summed E-state index contributed by atoms with van der Waals surface area (Å²) in [6.45, 7) is 3.46. The van der Waals surface area contributed by atoms with Crippen LogP contribution < -0.4 is 0 Å². The number of benzene rings is 1. The fraction of sp³-hybridized carbons (Fsp3) is 0.167. The van der Waals surface area contributed by atoms with E-state index in [4.69, 9.17) is 0 Å². The molecule has 3 rings (SSSR count). The highest BCUT2D eigenvalue weighted by Crippen LogP contribution is 2.38. The molecule has 0 radical (unpaired) electrons. The van der Waals surface area contributed by atoms with Crippen molar-refractivity contribution in [2.75, 3.05) is 7.05 Å². The topological polar surface area (TPSA) is 54.5 Å². The first kappa shape index (κ1) is 14.2. The maximum Gasteiger partial charge on any atom is 0.249 e. The van der Waals surface area contributed by atoms with Crippen LogP contribution >= 0.6 is 0 Å². The number of carbonyl (C=O) groups excluding carboxylic acids is 3. The molecule has 0 spiro atoms. The molecule has 0 saturated heterocycles. The molecule has 1 aromatic rings. The van der Waals surface area contributed by atoms with E-state index in [2.05, 4.69) is 6.58 Å². The maximum absolute atomic E-state index is 12.8. The number of nitrogens with zero attached hydrogens (tertiary/aromatic N) is 1. The first-order chi connectivity index (χ1) is 10.6. The summed E-state index contributed by atoms with van der Waals surface area (Å²) < 4.78 is 0. The Labute approximate surface area is 128 Å². The van der Waals surface area contributed by atoms with Crippen LogP contribution in [0.25, 0.3) is 0 Å². The summed E-state index contributed by atoms with van der Waals surface area (Å²) >= 11 is 0. The number of hydrogen-bond donors (Lipinski definition) is 0. The molecule has 4 heteroatoms. The molecule has 0 saturated carbocycles. The number of Topliss-reactive ketones (excluding diaryl/α,β-unsaturated/α-hetero) is 2. The van der Waals surface area contributed by atoms with Crippen molar-refractivity contribution in [1.29, 1.82) is 0 Å². The molecule has 0 bridgehead atoms. The SMILES string of the molecule is C=CC(=O)N(C)C1=CC=CC2C(=O)c3ccccc3C(=O)C12. The first-order valence-corrected chi connectivity index (χ1v) is 7.02. The lowest BCUT2D eigenvalue weighted by Gasteiger charge is -2.35. The maximum atomic E-state index is 12.8. The second-order valence-electron chi connectivity index (χ2n) is 5.36. The van der Waals surface area contributed by atoms with Crippen molar-refractivity contribution in [3.05, 3.63) is 72.0 Å². The van der Waals surface area contributed by atoms with Crippen molar-refractivity contribution >= 4 is 17.5 Å². The van der Waals surface area contributed by atoms with Crippen LogP contribution in [0.2, 0.25) is 0 Å². The Morgan fingerprint density at radius 1 is 1.18 bits per heavy atom. The summed E-state index contributed by atoms with van der Waals surface area (Å²) in [7, 11) is 1.59. The van der Waals surface area contributed by atoms with E-state index in [0.29, 0.717) is 16.8 Å². The molecule has 4 nitrogen and oxygen atoms in total. The van der Waals surface area contributed by atoms with Crippen LogP contribution in [0.15, 0.2) is 60.8 Å². The van der Waals surface area contributed by atoms with Gasteiger partial charge in [0.05, 0.1) is 11.8 Å². The molecule has 0 N–H and O–H groups in total. The fourth-order valence-corrected chi connectivity index (χ4v) is 3.05. The van der Waals surface area contributed by atoms with Crippen molar-refractivity contribution in [3.8, 4) is 0 Å². The minimum atomic E-state index is -0.652. The van der Waals surface area contributed by atoms with Gasteiger partial charge in [0.1, 0.15) is 0 Å². The van der Waals surface area contributed by atoms with E-state index in [0.717, 1.165) is 0 Å². The highest BCUT2D eigenvalue weighted by Gasteiger charge is 2.44. The van der Waals surface area contributed by atoms with E-state index >= 15 is 0 Å². The van der Waals surface area contributed by atoms with Crippen LogP contribution in [0.5, 0.6) is 0 Å². The summed E-state index contributed by atoms with van der Waals surface area (Å²) in [6.07, 6.45) is 6.36. The van der Waals surface area contributed by atoms with E-state index in [1.807, 2.05) is 0 Å². The van der Waals surface area contributed by atoms with Crippen molar-refractivity contribution in [2.45, 2.75) is 0 Å². The lowest BCUT2D eigenvalue weighted by atomic mass is 9.70. The fourth-order valence-electron chi connectivity index (χ4n) is 3.05. The van der Waals surface area contributed by atoms with Gasteiger partial charge in [0.15, 0.2) is 11.6 Å². The summed E-state index contributed by atoms with van der Waals surface area (Å²) in [5.41, 5.74) is 1.41. The smallest absolute Gasteiger partial charge is 0.249 e. The van der Waals surface area contributed by atoms with Gasteiger partial charge in [-0.15, -0.1) is 0 Å². The zero-order valence-electron chi connectivity index (χ0n) is 12.2. The minimum absolute atomic E-state index is 0.0819. The molecule has 0 aliphatic heterocycles.